The van der Waals surface area contributed by atoms with Crippen LogP contribution in [0.1, 0.15) is 49.6 Å². The van der Waals surface area contributed by atoms with Crippen molar-refractivity contribution in [2.45, 2.75) is 39.7 Å². The second-order valence-electron chi connectivity index (χ2n) is 5.45. The third kappa shape index (κ3) is 3.51. The first kappa shape index (κ1) is 14.9. The van der Waals surface area contributed by atoms with Gasteiger partial charge >= 0.3 is 0 Å². The topological polar surface area (TPSA) is 24.9 Å². The standard InChI is InChI=1S/C17H21ClN2/c1-11(2)14-5-7-15(8-6-14)12(3)19-16-9-10-17(18)20-13(16)4/h5-12,19H,1-4H3. The lowest BCUT2D eigenvalue weighted by molar-refractivity contribution is 0.850. The van der Waals surface area contributed by atoms with E-state index in [1.54, 1.807) is 0 Å². The first-order chi connectivity index (χ1) is 9.47. The number of pyridine rings is 1. The summed E-state index contributed by atoms with van der Waals surface area (Å²) in [7, 11) is 0. The Balaban J connectivity index is 2.13. The number of nitrogens with one attached hydrogen (secondary N) is 1. The van der Waals surface area contributed by atoms with E-state index < -0.39 is 0 Å². The van der Waals surface area contributed by atoms with E-state index in [9.17, 15) is 0 Å². The van der Waals surface area contributed by atoms with Gasteiger partial charge in [-0.05, 0) is 43.0 Å². The second-order valence-corrected chi connectivity index (χ2v) is 5.84. The molecule has 0 aliphatic carbocycles. The van der Waals surface area contributed by atoms with Crippen LogP contribution in [0.15, 0.2) is 36.4 Å². The van der Waals surface area contributed by atoms with Crippen molar-refractivity contribution in [2.75, 3.05) is 5.32 Å². The SMILES string of the molecule is Cc1nc(Cl)ccc1NC(C)c1ccc(C(C)C)cc1. The summed E-state index contributed by atoms with van der Waals surface area (Å²) in [6.07, 6.45) is 0. The molecule has 0 spiro atoms. The molecule has 1 N–H and O–H groups in total. The summed E-state index contributed by atoms with van der Waals surface area (Å²) in [4.78, 5) is 4.26. The highest BCUT2D eigenvalue weighted by Crippen LogP contribution is 2.24. The Kier molecular flexibility index (Phi) is 4.66. The lowest BCUT2D eigenvalue weighted by Crippen LogP contribution is -2.08. The molecule has 1 aromatic carbocycles. The third-order valence-electron chi connectivity index (χ3n) is 3.53. The predicted molar refractivity (Wildman–Crippen MR) is 86.6 cm³/mol. The van der Waals surface area contributed by atoms with Crippen molar-refractivity contribution in [1.29, 1.82) is 0 Å². The van der Waals surface area contributed by atoms with Crippen LogP contribution < -0.4 is 5.32 Å². The predicted octanol–water partition coefficient (Wildman–Crippen LogP) is 5.34. The molecule has 1 unspecified atom stereocenters. The number of benzene rings is 1. The van der Waals surface area contributed by atoms with Crippen LogP contribution in [-0.4, -0.2) is 4.98 Å². The summed E-state index contributed by atoms with van der Waals surface area (Å²) in [5.41, 5.74) is 4.58. The van der Waals surface area contributed by atoms with Crippen molar-refractivity contribution in [3.63, 3.8) is 0 Å². The van der Waals surface area contributed by atoms with Gasteiger partial charge in [-0.1, -0.05) is 49.7 Å². The molecule has 0 radical (unpaired) electrons. The molecule has 0 saturated carbocycles. The zero-order valence-corrected chi connectivity index (χ0v) is 13.2. The largest absolute Gasteiger partial charge is 0.377 e. The van der Waals surface area contributed by atoms with E-state index in [1.807, 2.05) is 19.1 Å². The van der Waals surface area contributed by atoms with E-state index in [0.29, 0.717) is 11.1 Å². The van der Waals surface area contributed by atoms with E-state index >= 15 is 0 Å². The van der Waals surface area contributed by atoms with Crippen molar-refractivity contribution >= 4 is 17.3 Å². The fourth-order valence-electron chi connectivity index (χ4n) is 2.17. The Morgan fingerprint density at radius 1 is 0.950 bits per heavy atom. The minimum Gasteiger partial charge on any atom is -0.377 e. The smallest absolute Gasteiger partial charge is 0.129 e. The molecule has 1 aromatic heterocycles. The van der Waals surface area contributed by atoms with Crippen LogP contribution >= 0.6 is 11.6 Å². The Morgan fingerprint density at radius 2 is 1.55 bits per heavy atom. The van der Waals surface area contributed by atoms with E-state index in [1.165, 1.54) is 11.1 Å². The zero-order chi connectivity index (χ0) is 14.7. The van der Waals surface area contributed by atoms with Gasteiger partial charge in [-0.25, -0.2) is 4.98 Å². The number of nitrogens with zero attached hydrogens (tertiary/aromatic N) is 1. The van der Waals surface area contributed by atoms with Crippen LogP contribution in [0, 0.1) is 6.92 Å². The molecule has 1 heterocycles. The van der Waals surface area contributed by atoms with Crippen LogP contribution in [0.3, 0.4) is 0 Å². The molecule has 0 amide bonds. The molecule has 0 saturated heterocycles. The maximum absolute atomic E-state index is 5.88. The van der Waals surface area contributed by atoms with E-state index in [2.05, 4.69) is 55.3 Å². The number of halogens is 1. The Bertz CT molecular complexity index is 576. The minimum atomic E-state index is 0.234. The molecular weight excluding hydrogens is 268 g/mol. The van der Waals surface area contributed by atoms with Gasteiger partial charge in [0.05, 0.1) is 11.4 Å². The highest BCUT2D eigenvalue weighted by Gasteiger charge is 2.08. The van der Waals surface area contributed by atoms with Gasteiger partial charge in [0, 0.05) is 6.04 Å². The normalized spacial score (nSPS) is 12.5. The van der Waals surface area contributed by atoms with Crippen molar-refractivity contribution in [1.82, 2.24) is 4.98 Å². The van der Waals surface area contributed by atoms with E-state index in [-0.39, 0.29) is 6.04 Å². The fraction of sp³-hybridized carbons (Fsp3) is 0.353. The highest BCUT2D eigenvalue weighted by molar-refractivity contribution is 6.29. The van der Waals surface area contributed by atoms with Crippen LogP contribution in [-0.2, 0) is 0 Å². The molecule has 2 aromatic rings. The van der Waals surface area contributed by atoms with Gasteiger partial charge in [-0.2, -0.15) is 0 Å². The maximum Gasteiger partial charge on any atom is 0.129 e. The number of hydrogen-bond acceptors (Lipinski definition) is 2. The molecule has 0 aliphatic rings. The summed E-state index contributed by atoms with van der Waals surface area (Å²) >= 11 is 5.88. The first-order valence-corrected chi connectivity index (χ1v) is 7.34. The fourth-order valence-corrected chi connectivity index (χ4v) is 2.36. The maximum atomic E-state index is 5.88. The number of aromatic nitrogens is 1. The third-order valence-corrected chi connectivity index (χ3v) is 3.74. The van der Waals surface area contributed by atoms with Crippen molar-refractivity contribution < 1.29 is 0 Å². The molecule has 3 heteroatoms. The number of rotatable bonds is 4. The molecule has 0 fully saturated rings. The first-order valence-electron chi connectivity index (χ1n) is 6.97. The average Bonchev–Trinajstić information content (AvgIpc) is 2.42. The quantitative estimate of drug-likeness (QED) is 0.768. The van der Waals surface area contributed by atoms with Gasteiger partial charge in [0.1, 0.15) is 5.15 Å². The van der Waals surface area contributed by atoms with Crippen molar-refractivity contribution in [3.05, 3.63) is 58.4 Å². The van der Waals surface area contributed by atoms with Crippen molar-refractivity contribution in [2.24, 2.45) is 0 Å². The van der Waals surface area contributed by atoms with Crippen molar-refractivity contribution in [3.8, 4) is 0 Å². The van der Waals surface area contributed by atoms with E-state index in [4.69, 9.17) is 11.6 Å². The summed E-state index contributed by atoms with van der Waals surface area (Å²) in [6, 6.07) is 12.8. The van der Waals surface area contributed by atoms with Gasteiger partial charge in [0.2, 0.25) is 0 Å². The lowest BCUT2D eigenvalue weighted by Gasteiger charge is -2.18. The lowest BCUT2D eigenvalue weighted by atomic mass is 9.99. The Hall–Kier alpha value is -1.54. The number of hydrogen-bond donors (Lipinski definition) is 1. The molecule has 2 nitrogen and oxygen atoms in total. The number of aryl methyl sites for hydroxylation is 1. The second kappa shape index (κ2) is 6.27. The summed E-state index contributed by atoms with van der Waals surface area (Å²) in [6.45, 7) is 8.53. The van der Waals surface area contributed by atoms with Crippen LogP contribution in [0.5, 0.6) is 0 Å². The minimum absolute atomic E-state index is 0.234. The Labute approximate surface area is 126 Å². The molecule has 0 aliphatic heterocycles. The van der Waals surface area contributed by atoms with Crippen LogP contribution in [0.2, 0.25) is 5.15 Å². The summed E-state index contributed by atoms with van der Waals surface area (Å²) in [5.74, 6) is 0.565. The van der Waals surface area contributed by atoms with Gasteiger partial charge < -0.3 is 5.32 Å². The average molecular weight is 289 g/mol. The molecule has 1 atom stereocenters. The molecule has 2 rings (SSSR count). The van der Waals surface area contributed by atoms with Crippen LogP contribution in [0.4, 0.5) is 5.69 Å². The summed E-state index contributed by atoms with van der Waals surface area (Å²) < 4.78 is 0. The van der Waals surface area contributed by atoms with Gasteiger partial charge in [-0.3, -0.25) is 0 Å². The molecule has 0 bridgehead atoms. The summed E-state index contributed by atoms with van der Waals surface area (Å²) in [5, 5.41) is 4.01. The van der Waals surface area contributed by atoms with E-state index in [0.717, 1.165) is 11.4 Å². The monoisotopic (exact) mass is 288 g/mol. The zero-order valence-electron chi connectivity index (χ0n) is 12.4. The number of anilines is 1. The highest BCUT2D eigenvalue weighted by atomic mass is 35.5. The van der Waals surface area contributed by atoms with Crippen LogP contribution in [0.25, 0.3) is 0 Å². The molecule has 20 heavy (non-hydrogen) atoms. The Morgan fingerprint density at radius 3 is 2.10 bits per heavy atom. The molecular formula is C17H21ClN2. The van der Waals surface area contributed by atoms with Gasteiger partial charge in [-0.15, -0.1) is 0 Å². The van der Waals surface area contributed by atoms with Gasteiger partial charge in [0.15, 0.2) is 0 Å². The molecule has 106 valence electrons. The van der Waals surface area contributed by atoms with Gasteiger partial charge in [0.25, 0.3) is 0 Å².